The zero-order valence-corrected chi connectivity index (χ0v) is 13.0. The van der Waals surface area contributed by atoms with E-state index in [1.54, 1.807) is 0 Å². The minimum absolute atomic E-state index is 0.0404. The van der Waals surface area contributed by atoms with Gasteiger partial charge in [0.25, 0.3) is 0 Å². The summed E-state index contributed by atoms with van der Waals surface area (Å²) in [4.78, 5) is 4.98. The fourth-order valence-corrected chi connectivity index (χ4v) is 1.96. The number of benzene rings is 2. The maximum Gasteiger partial charge on any atom is 0.170 e. The van der Waals surface area contributed by atoms with Crippen LogP contribution in [0.15, 0.2) is 52.1 Å². The van der Waals surface area contributed by atoms with Crippen molar-refractivity contribution in [3.63, 3.8) is 0 Å². The van der Waals surface area contributed by atoms with Crippen molar-refractivity contribution in [3.8, 4) is 5.75 Å². The molecule has 0 unspecified atom stereocenters. The molecule has 0 saturated heterocycles. The second-order valence-electron chi connectivity index (χ2n) is 4.24. The number of oxime groups is 1. The van der Waals surface area contributed by atoms with Crippen LogP contribution in [0.2, 0.25) is 0 Å². The van der Waals surface area contributed by atoms with Gasteiger partial charge in [-0.2, -0.15) is 0 Å². The topological polar surface area (TPSA) is 56.8 Å². The fraction of sp³-hybridized carbons (Fsp3) is 0.133. The summed E-state index contributed by atoms with van der Waals surface area (Å²) in [6.07, 6.45) is 0. The molecule has 0 aliphatic heterocycles. The summed E-state index contributed by atoms with van der Waals surface area (Å²) in [6, 6.07) is 10.6. The Bertz CT molecular complexity index is 680. The van der Waals surface area contributed by atoms with Gasteiger partial charge in [-0.25, -0.2) is 8.78 Å². The Hall–Kier alpha value is -2.15. The highest BCUT2D eigenvalue weighted by Gasteiger charge is 2.05. The van der Waals surface area contributed by atoms with Gasteiger partial charge in [0.2, 0.25) is 0 Å². The van der Waals surface area contributed by atoms with Gasteiger partial charge in [-0.05, 0) is 36.4 Å². The van der Waals surface area contributed by atoms with Crippen LogP contribution in [0, 0.1) is 11.6 Å². The van der Waals surface area contributed by atoms with E-state index in [2.05, 4.69) is 21.1 Å². The molecule has 0 atom stereocenters. The number of nitrogens with two attached hydrogens (primary N) is 1. The Balaban J connectivity index is 1.80. The predicted octanol–water partition coefficient (Wildman–Crippen LogP) is 3.44. The second-order valence-corrected chi connectivity index (χ2v) is 5.16. The molecule has 0 aromatic heterocycles. The van der Waals surface area contributed by atoms with Crippen molar-refractivity contribution in [1.29, 1.82) is 0 Å². The average Bonchev–Trinajstić information content (AvgIpc) is 2.49. The van der Waals surface area contributed by atoms with Gasteiger partial charge in [-0.15, -0.1) is 0 Å². The van der Waals surface area contributed by atoms with E-state index in [4.69, 9.17) is 15.3 Å². The van der Waals surface area contributed by atoms with Crippen LogP contribution in [0.4, 0.5) is 8.78 Å². The van der Waals surface area contributed by atoms with E-state index in [0.29, 0.717) is 5.75 Å². The van der Waals surface area contributed by atoms with Crippen molar-refractivity contribution in [2.24, 2.45) is 10.9 Å². The number of ether oxygens (including phenoxy) is 1. The molecule has 22 heavy (non-hydrogen) atoms. The molecule has 2 aromatic rings. The highest BCUT2D eigenvalue weighted by Crippen LogP contribution is 2.17. The van der Waals surface area contributed by atoms with E-state index in [1.807, 2.05) is 24.3 Å². The highest BCUT2D eigenvalue weighted by atomic mass is 79.9. The summed E-state index contributed by atoms with van der Waals surface area (Å²) >= 11 is 3.33. The third-order valence-electron chi connectivity index (χ3n) is 2.62. The molecule has 0 amide bonds. The van der Waals surface area contributed by atoms with Gasteiger partial charge in [0.1, 0.15) is 12.4 Å². The minimum Gasteiger partial charge on any atom is -0.490 e. The normalized spacial score (nSPS) is 11.3. The van der Waals surface area contributed by atoms with Crippen molar-refractivity contribution in [3.05, 3.63) is 64.1 Å². The van der Waals surface area contributed by atoms with E-state index in [-0.39, 0.29) is 24.6 Å². The minimum atomic E-state index is -0.992. The first-order valence-electron chi connectivity index (χ1n) is 6.35. The molecule has 0 fully saturated rings. The number of hydrogen-bond donors (Lipinski definition) is 1. The molecule has 0 spiro atoms. The van der Waals surface area contributed by atoms with Gasteiger partial charge in [0, 0.05) is 10.0 Å². The molecule has 0 aliphatic carbocycles. The smallest absolute Gasteiger partial charge is 0.170 e. The van der Waals surface area contributed by atoms with Crippen LogP contribution < -0.4 is 10.5 Å². The van der Waals surface area contributed by atoms with Crippen LogP contribution in [-0.2, 0) is 4.84 Å². The van der Waals surface area contributed by atoms with E-state index < -0.39 is 11.6 Å². The zero-order valence-electron chi connectivity index (χ0n) is 11.4. The van der Waals surface area contributed by atoms with E-state index >= 15 is 0 Å². The molecule has 0 heterocycles. The maximum absolute atomic E-state index is 13.1. The number of amidine groups is 1. The number of halogens is 3. The molecule has 2 rings (SSSR count). The van der Waals surface area contributed by atoms with Crippen molar-refractivity contribution in [2.75, 3.05) is 13.2 Å². The number of nitrogens with zero attached hydrogens (tertiary/aromatic N) is 1. The highest BCUT2D eigenvalue weighted by molar-refractivity contribution is 9.10. The van der Waals surface area contributed by atoms with Crippen LogP contribution in [-0.4, -0.2) is 19.0 Å². The summed E-state index contributed by atoms with van der Waals surface area (Å²) < 4.78 is 32.2. The van der Waals surface area contributed by atoms with Crippen molar-refractivity contribution in [2.45, 2.75) is 0 Å². The quantitative estimate of drug-likeness (QED) is 0.366. The Morgan fingerprint density at radius 2 is 1.91 bits per heavy atom. The third kappa shape index (κ3) is 4.70. The standard InChI is InChI=1S/C15H13BrF2N2O2/c16-11-2-1-3-12(9-11)21-6-7-22-20-15(19)10-4-5-13(17)14(18)8-10/h1-5,8-9H,6-7H2,(H2,19,20). The molecule has 116 valence electrons. The monoisotopic (exact) mass is 370 g/mol. The number of hydrogen-bond acceptors (Lipinski definition) is 3. The molecule has 0 aliphatic rings. The van der Waals surface area contributed by atoms with Gasteiger partial charge in [-0.1, -0.05) is 27.2 Å². The van der Waals surface area contributed by atoms with E-state index in [0.717, 1.165) is 16.6 Å². The molecule has 4 nitrogen and oxygen atoms in total. The Kier molecular flexibility index (Phi) is 5.71. The van der Waals surface area contributed by atoms with Crippen molar-refractivity contribution in [1.82, 2.24) is 0 Å². The first-order valence-corrected chi connectivity index (χ1v) is 7.15. The van der Waals surface area contributed by atoms with Crippen LogP contribution in [0.25, 0.3) is 0 Å². The molecule has 0 bridgehead atoms. The molecule has 7 heteroatoms. The first kappa shape index (κ1) is 16.2. The lowest BCUT2D eigenvalue weighted by molar-refractivity contribution is 0.107. The van der Waals surface area contributed by atoms with Crippen LogP contribution in [0.3, 0.4) is 0 Å². The zero-order chi connectivity index (χ0) is 15.9. The third-order valence-corrected chi connectivity index (χ3v) is 3.11. The molecule has 2 N–H and O–H groups in total. The van der Waals surface area contributed by atoms with E-state index in [1.165, 1.54) is 6.07 Å². The van der Waals surface area contributed by atoms with Crippen LogP contribution in [0.5, 0.6) is 5.75 Å². The average molecular weight is 371 g/mol. The summed E-state index contributed by atoms with van der Waals surface area (Å²) in [7, 11) is 0. The van der Waals surface area contributed by atoms with Gasteiger partial charge >= 0.3 is 0 Å². The van der Waals surface area contributed by atoms with Gasteiger partial charge in [0.15, 0.2) is 24.1 Å². The largest absolute Gasteiger partial charge is 0.490 e. The van der Waals surface area contributed by atoms with Crippen LogP contribution >= 0.6 is 15.9 Å². The fourth-order valence-electron chi connectivity index (χ4n) is 1.58. The number of rotatable bonds is 6. The van der Waals surface area contributed by atoms with Crippen molar-refractivity contribution < 1.29 is 18.4 Å². The molecule has 0 saturated carbocycles. The Labute approximate surface area is 134 Å². The summed E-state index contributed by atoms with van der Waals surface area (Å²) in [5.74, 6) is -1.29. The van der Waals surface area contributed by atoms with Gasteiger partial charge in [-0.3, -0.25) is 0 Å². The Morgan fingerprint density at radius 3 is 2.64 bits per heavy atom. The van der Waals surface area contributed by atoms with Gasteiger partial charge in [0.05, 0.1) is 0 Å². The van der Waals surface area contributed by atoms with Crippen molar-refractivity contribution >= 4 is 21.8 Å². The lowest BCUT2D eigenvalue weighted by Crippen LogP contribution is -2.15. The summed E-state index contributed by atoms with van der Waals surface area (Å²) in [5, 5.41) is 3.63. The van der Waals surface area contributed by atoms with Crippen LogP contribution in [0.1, 0.15) is 5.56 Å². The molecular formula is C15H13BrF2N2O2. The molecular weight excluding hydrogens is 358 g/mol. The lowest BCUT2D eigenvalue weighted by atomic mass is 10.2. The van der Waals surface area contributed by atoms with Gasteiger partial charge < -0.3 is 15.3 Å². The molecule has 0 radical (unpaired) electrons. The lowest BCUT2D eigenvalue weighted by Gasteiger charge is -2.06. The predicted molar refractivity (Wildman–Crippen MR) is 82.7 cm³/mol. The Morgan fingerprint density at radius 1 is 1.09 bits per heavy atom. The second kappa shape index (κ2) is 7.74. The molecule has 2 aromatic carbocycles. The first-order chi connectivity index (χ1) is 10.6. The maximum atomic E-state index is 13.1. The van der Waals surface area contributed by atoms with E-state index in [9.17, 15) is 8.78 Å². The summed E-state index contributed by atoms with van der Waals surface area (Å²) in [6.45, 7) is 0.432. The SMILES string of the molecule is NC(=NOCCOc1cccc(Br)c1)c1ccc(F)c(F)c1. The summed E-state index contributed by atoms with van der Waals surface area (Å²) in [5.41, 5.74) is 5.86.